The van der Waals surface area contributed by atoms with Gasteiger partial charge in [-0.05, 0) is 31.2 Å². The van der Waals surface area contributed by atoms with Gasteiger partial charge in [0.15, 0.2) is 0 Å². The van der Waals surface area contributed by atoms with Crippen LogP contribution in [-0.4, -0.2) is 31.8 Å². The van der Waals surface area contributed by atoms with E-state index in [4.69, 9.17) is 9.47 Å². The first kappa shape index (κ1) is 15.3. The molecule has 3 nitrogen and oxygen atoms in total. The van der Waals surface area contributed by atoms with Crippen molar-refractivity contribution in [3.8, 4) is 5.75 Å². The maximum atomic E-state index is 14.3. The fourth-order valence-corrected chi connectivity index (χ4v) is 2.23. The van der Waals surface area contributed by atoms with Gasteiger partial charge in [-0.25, -0.2) is 4.39 Å². The highest BCUT2D eigenvalue weighted by Crippen LogP contribution is 2.30. The number of ether oxygens (including phenoxy) is 2. The Kier molecular flexibility index (Phi) is 5.17. The molecular weight excluding hydrogens is 269 g/mol. The molecule has 0 atom stereocenters. The Morgan fingerprint density at radius 3 is 2.76 bits per heavy atom. The molecule has 0 aliphatic carbocycles. The Balaban J connectivity index is 2.22. The van der Waals surface area contributed by atoms with Crippen molar-refractivity contribution in [2.24, 2.45) is 0 Å². The first-order valence-corrected chi connectivity index (χ1v) is 6.93. The van der Waals surface area contributed by atoms with Crippen LogP contribution in [0.25, 0.3) is 5.70 Å². The van der Waals surface area contributed by atoms with Crippen molar-refractivity contribution < 1.29 is 13.9 Å². The van der Waals surface area contributed by atoms with Gasteiger partial charge in [-0.15, -0.1) is 0 Å². The summed E-state index contributed by atoms with van der Waals surface area (Å²) in [6.45, 7) is 7.60. The second kappa shape index (κ2) is 7.09. The van der Waals surface area contributed by atoms with E-state index in [0.29, 0.717) is 24.5 Å². The molecule has 21 heavy (non-hydrogen) atoms. The molecule has 1 aliphatic heterocycles. The molecule has 0 amide bonds. The van der Waals surface area contributed by atoms with Crippen LogP contribution in [0.15, 0.2) is 48.7 Å². The van der Waals surface area contributed by atoms with Gasteiger partial charge in [0.1, 0.15) is 18.2 Å². The Morgan fingerprint density at radius 1 is 1.29 bits per heavy atom. The van der Waals surface area contributed by atoms with Gasteiger partial charge in [0, 0.05) is 31.0 Å². The van der Waals surface area contributed by atoms with Gasteiger partial charge in [0.05, 0.1) is 12.3 Å². The minimum Gasteiger partial charge on any atom is -0.491 e. The zero-order valence-corrected chi connectivity index (χ0v) is 12.4. The third kappa shape index (κ3) is 3.52. The number of hydrogen-bond acceptors (Lipinski definition) is 3. The second-order valence-electron chi connectivity index (χ2n) is 4.63. The Labute approximate surface area is 125 Å². The number of allylic oxidation sites excluding steroid dienone is 3. The van der Waals surface area contributed by atoms with E-state index >= 15 is 0 Å². The predicted octanol–water partition coefficient (Wildman–Crippen LogP) is 3.60. The normalized spacial score (nSPS) is 14.3. The van der Waals surface area contributed by atoms with Crippen LogP contribution < -0.4 is 4.74 Å². The quantitative estimate of drug-likeness (QED) is 0.747. The lowest BCUT2D eigenvalue weighted by Crippen LogP contribution is -2.22. The lowest BCUT2D eigenvalue weighted by Gasteiger charge is -2.29. The van der Waals surface area contributed by atoms with Gasteiger partial charge in [0.25, 0.3) is 0 Å². The summed E-state index contributed by atoms with van der Waals surface area (Å²) in [4.78, 5) is 1.98. The number of methoxy groups -OCH3 is 1. The molecule has 1 aromatic carbocycles. The van der Waals surface area contributed by atoms with Crippen molar-refractivity contribution in [2.75, 3.05) is 26.9 Å². The predicted molar refractivity (Wildman–Crippen MR) is 82.4 cm³/mol. The highest BCUT2D eigenvalue weighted by molar-refractivity contribution is 5.70. The van der Waals surface area contributed by atoms with E-state index < -0.39 is 0 Å². The van der Waals surface area contributed by atoms with Crippen molar-refractivity contribution >= 4 is 5.70 Å². The minimum atomic E-state index is -0.308. The summed E-state index contributed by atoms with van der Waals surface area (Å²) in [6.07, 6.45) is 5.68. The number of likely N-dealkylation sites (N-methyl/N-ethyl adjacent to an activating group) is 1. The van der Waals surface area contributed by atoms with E-state index in [0.717, 1.165) is 17.9 Å². The van der Waals surface area contributed by atoms with Crippen LogP contribution in [0.3, 0.4) is 0 Å². The minimum absolute atomic E-state index is 0.308. The highest BCUT2D eigenvalue weighted by Gasteiger charge is 2.17. The largest absolute Gasteiger partial charge is 0.491 e. The van der Waals surface area contributed by atoms with Crippen molar-refractivity contribution in [2.45, 2.75) is 6.92 Å². The lowest BCUT2D eigenvalue weighted by atomic mass is 10.1. The van der Waals surface area contributed by atoms with Crippen LogP contribution in [0.4, 0.5) is 4.39 Å². The maximum Gasteiger partial charge on any atom is 0.136 e. The molecule has 0 spiro atoms. The fraction of sp³-hybridized carbons (Fsp3) is 0.294. The molecule has 0 fully saturated rings. The van der Waals surface area contributed by atoms with Gasteiger partial charge in [0.2, 0.25) is 0 Å². The van der Waals surface area contributed by atoms with Crippen LogP contribution in [-0.2, 0) is 4.74 Å². The zero-order chi connectivity index (χ0) is 15.2. The Morgan fingerprint density at radius 2 is 2.10 bits per heavy atom. The summed E-state index contributed by atoms with van der Waals surface area (Å²) in [6, 6.07) is 4.91. The van der Waals surface area contributed by atoms with Crippen LogP contribution in [0.2, 0.25) is 0 Å². The third-order valence-corrected chi connectivity index (χ3v) is 3.27. The average Bonchev–Trinajstić information content (AvgIpc) is 2.47. The summed E-state index contributed by atoms with van der Waals surface area (Å²) in [5.74, 6) is 0.194. The molecule has 0 saturated heterocycles. The van der Waals surface area contributed by atoms with Crippen molar-refractivity contribution in [3.63, 3.8) is 0 Å². The summed E-state index contributed by atoms with van der Waals surface area (Å²) in [5, 5.41) is 0. The summed E-state index contributed by atoms with van der Waals surface area (Å²) < 4.78 is 24.7. The number of halogens is 1. The number of rotatable bonds is 6. The second-order valence-corrected chi connectivity index (χ2v) is 4.63. The molecule has 1 aromatic rings. The van der Waals surface area contributed by atoms with Gasteiger partial charge >= 0.3 is 0 Å². The first-order valence-electron chi connectivity index (χ1n) is 6.93. The highest BCUT2D eigenvalue weighted by atomic mass is 19.1. The fourth-order valence-electron chi connectivity index (χ4n) is 2.23. The number of hydrogen-bond donors (Lipinski definition) is 0. The summed E-state index contributed by atoms with van der Waals surface area (Å²) >= 11 is 0. The third-order valence-electron chi connectivity index (χ3n) is 3.27. The zero-order valence-electron chi connectivity index (χ0n) is 12.4. The molecule has 1 heterocycles. The van der Waals surface area contributed by atoms with Crippen LogP contribution in [0.5, 0.6) is 5.75 Å². The molecule has 0 N–H and O–H groups in total. The van der Waals surface area contributed by atoms with E-state index in [-0.39, 0.29) is 5.82 Å². The molecule has 4 heteroatoms. The standard InChI is InChI=1S/C17H20FNO2/c1-4-19-13(2)6-5-7-17(19)15-9-8-14(12-16(15)18)21-11-10-20-3/h5-9,12H,2,4,10-11H2,1,3H3. The Hall–Kier alpha value is -2.07. The summed E-state index contributed by atoms with van der Waals surface area (Å²) in [7, 11) is 1.60. The summed E-state index contributed by atoms with van der Waals surface area (Å²) in [5.41, 5.74) is 2.21. The molecular formula is C17H20FNO2. The van der Waals surface area contributed by atoms with Gasteiger partial charge in [-0.3, -0.25) is 0 Å². The average molecular weight is 289 g/mol. The smallest absolute Gasteiger partial charge is 0.136 e. The van der Waals surface area contributed by atoms with Crippen LogP contribution in [0.1, 0.15) is 12.5 Å². The molecule has 0 unspecified atom stereocenters. The van der Waals surface area contributed by atoms with E-state index in [1.165, 1.54) is 6.07 Å². The van der Waals surface area contributed by atoms with E-state index in [9.17, 15) is 4.39 Å². The molecule has 112 valence electrons. The molecule has 2 rings (SSSR count). The first-order chi connectivity index (χ1) is 10.2. The van der Waals surface area contributed by atoms with E-state index in [1.54, 1.807) is 19.2 Å². The van der Waals surface area contributed by atoms with Gasteiger partial charge in [-0.2, -0.15) is 0 Å². The Bertz CT molecular complexity index is 578. The van der Waals surface area contributed by atoms with Gasteiger partial charge in [-0.1, -0.05) is 12.7 Å². The van der Waals surface area contributed by atoms with Crippen molar-refractivity contribution in [1.29, 1.82) is 0 Å². The molecule has 0 aromatic heterocycles. The lowest BCUT2D eigenvalue weighted by molar-refractivity contribution is 0.146. The number of benzene rings is 1. The van der Waals surface area contributed by atoms with Gasteiger partial charge < -0.3 is 14.4 Å². The molecule has 0 saturated carbocycles. The SMILES string of the molecule is C=C1C=CC=C(c2ccc(OCCOC)cc2F)N1CC. The number of nitrogens with zero attached hydrogens (tertiary/aromatic N) is 1. The van der Waals surface area contributed by atoms with Crippen LogP contribution in [0, 0.1) is 5.82 Å². The van der Waals surface area contributed by atoms with E-state index in [1.807, 2.05) is 30.1 Å². The van der Waals surface area contributed by atoms with Crippen molar-refractivity contribution in [3.05, 3.63) is 60.1 Å². The van der Waals surface area contributed by atoms with Crippen molar-refractivity contribution in [1.82, 2.24) is 4.90 Å². The monoisotopic (exact) mass is 289 g/mol. The maximum absolute atomic E-state index is 14.3. The molecule has 0 bridgehead atoms. The topological polar surface area (TPSA) is 21.7 Å². The van der Waals surface area contributed by atoms with E-state index in [2.05, 4.69) is 6.58 Å². The molecule has 1 aliphatic rings. The van der Waals surface area contributed by atoms with Crippen LogP contribution >= 0.6 is 0 Å². The molecule has 0 radical (unpaired) electrons.